The molecule has 2 atom stereocenters. The smallest absolute Gasteiger partial charge is 0.368 e. The van der Waals surface area contributed by atoms with Gasteiger partial charge in [0.25, 0.3) is 0 Å². The van der Waals surface area contributed by atoms with Crippen molar-refractivity contribution in [2.75, 3.05) is 13.9 Å². The number of hydrogen-bond acceptors (Lipinski definition) is 6. The van der Waals surface area contributed by atoms with Crippen LogP contribution in [0, 0.1) is 17.6 Å². The molecule has 1 saturated carbocycles. The highest BCUT2D eigenvalue weighted by Crippen LogP contribution is 2.51. The number of ether oxygens (including phenoxy) is 3. The highest BCUT2D eigenvalue weighted by Gasteiger charge is 2.43. The van der Waals surface area contributed by atoms with Crippen LogP contribution in [0.4, 0.5) is 8.78 Å². The van der Waals surface area contributed by atoms with E-state index < -0.39 is 23.2 Å². The van der Waals surface area contributed by atoms with Gasteiger partial charge in [-0.15, -0.1) is 0 Å². The third-order valence-corrected chi connectivity index (χ3v) is 5.73. The monoisotopic (exact) mass is 451 g/mol. The molecule has 1 fully saturated rings. The lowest BCUT2D eigenvalue weighted by atomic mass is 10.0. The molecule has 3 aromatic carbocycles. The van der Waals surface area contributed by atoms with Gasteiger partial charge < -0.3 is 19.0 Å². The Morgan fingerprint density at radius 1 is 1.00 bits per heavy atom. The van der Waals surface area contributed by atoms with E-state index in [-0.39, 0.29) is 18.6 Å². The highest BCUT2D eigenvalue weighted by atomic mass is 19.1. The number of methoxy groups -OCH3 is 1. The third kappa shape index (κ3) is 4.24. The van der Waals surface area contributed by atoms with E-state index in [1.54, 1.807) is 19.2 Å². The predicted octanol–water partition coefficient (Wildman–Crippen LogP) is 5.07. The van der Waals surface area contributed by atoms with Crippen molar-refractivity contribution in [3.63, 3.8) is 0 Å². The summed E-state index contributed by atoms with van der Waals surface area (Å²) < 4.78 is 43.2. The van der Waals surface area contributed by atoms with E-state index in [0.717, 1.165) is 29.7 Å². The molecule has 0 unspecified atom stereocenters. The van der Waals surface area contributed by atoms with Crippen LogP contribution in [-0.4, -0.2) is 25.6 Å². The Balaban J connectivity index is 1.41. The second-order valence-electron chi connectivity index (χ2n) is 7.77. The van der Waals surface area contributed by atoms with E-state index in [1.807, 2.05) is 30.3 Å². The molecule has 3 aromatic rings. The zero-order valence-corrected chi connectivity index (χ0v) is 17.6. The van der Waals surface area contributed by atoms with Crippen LogP contribution in [0.5, 0.6) is 17.2 Å². The summed E-state index contributed by atoms with van der Waals surface area (Å²) in [5.41, 5.74) is 1.96. The van der Waals surface area contributed by atoms with Crippen LogP contribution < -0.4 is 14.2 Å². The largest absolute Gasteiger partial charge is 0.497 e. The maximum Gasteiger partial charge on any atom is 0.368 e. The number of carbonyl (C=O) groups is 1. The summed E-state index contributed by atoms with van der Waals surface area (Å²) in [6.07, 6.45) is 0.785. The SMILES string of the molecule is COc1ccc(/C(=N/OC(=O)c2ccc(F)cc2F)[C@H]2C[C@@H]2c2ccc3c(c2)OCO3)cc1. The van der Waals surface area contributed by atoms with E-state index in [4.69, 9.17) is 19.0 Å². The van der Waals surface area contributed by atoms with Crippen LogP contribution in [0.25, 0.3) is 0 Å². The molecule has 168 valence electrons. The van der Waals surface area contributed by atoms with Gasteiger partial charge in [-0.05, 0) is 72.0 Å². The topological polar surface area (TPSA) is 66.4 Å². The van der Waals surface area contributed by atoms with Gasteiger partial charge in [0.2, 0.25) is 6.79 Å². The second-order valence-corrected chi connectivity index (χ2v) is 7.77. The predicted molar refractivity (Wildman–Crippen MR) is 115 cm³/mol. The van der Waals surface area contributed by atoms with Crippen molar-refractivity contribution in [2.24, 2.45) is 11.1 Å². The summed E-state index contributed by atoms with van der Waals surface area (Å²) in [5, 5.41) is 4.11. The molecule has 0 saturated heterocycles. The molecule has 1 aliphatic heterocycles. The minimum atomic E-state index is -1.01. The van der Waals surface area contributed by atoms with Gasteiger partial charge in [-0.3, -0.25) is 0 Å². The molecule has 2 aliphatic rings. The number of rotatable bonds is 6. The van der Waals surface area contributed by atoms with Gasteiger partial charge in [0.05, 0.1) is 18.4 Å². The first-order chi connectivity index (χ1) is 16.0. The van der Waals surface area contributed by atoms with Crippen LogP contribution in [0.2, 0.25) is 0 Å². The van der Waals surface area contributed by atoms with E-state index in [1.165, 1.54) is 0 Å². The molecule has 0 aromatic heterocycles. The van der Waals surface area contributed by atoms with E-state index in [2.05, 4.69) is 5.16 Å². The van der Waals surface area contributed by atoms with Crippen molar-refractivity contribution in [1.29, 1.82) is 0 Å². The summed E-state index contributed by atoms with van der Waals surface area (Å²) in [7, 11) is 1.57. The molecule has 8 heteroatoms. The molecule has 0 amide bonds. The first-order valence-electron chi connectivity index (χ1n) is 10.3. The van der Waals surface area contributed by atoms with Crippen molar-refractivity contribution in [2.45, 2.75) is 12.3 Å². The van der Waals surface area contributed by atoms with Gasteiger partial charge in [-0.1, -0.05) is 11.2 Å². The lowest BCUT2D eigenvalue weighted by Crippen LogP contribution is -2.10. The summed E-state index contributed by atoms with van der Waals surface area (Å²) in [4.78, 5) is 17.5. The molecule has 0 spiro atoms. The van der Waals surface area contributed by atoms with E-state index >= 15 is 0 Å². The zero-order chi connectivity index (χ0) is 22.9. The van der Waals surface area contributed by atoms with Crippen LogP contribution in [-0.2, 0) is 4.84 Å². The molecule has 6 nitrogen and oxygen atoms in total. The molecule has 1 aliphatic carbocycles. The van der Waals surface area contributed by atoms with Crippen LogP contribution in [0.15, 0.2) is 65.8 Å². The third-order valence-electron chi connectivity index (χ3n) is 5.73. The fourth-order valence-electron chi connectivity index (χ4n) is 3.90. The number of hydrogen-bond donors (Lipinski definition) is 0. The van der Waals surface area contributed by atoms with Gasteiger partial charge in [-0.2, -0.15) is 0 Å². The molecular formula is C25H19F2NO5. The summed E-state index contributed by atoms with van der Waals surface area (Å²) >= 11 is 0. The average molecular weight is 451 g/mol. The lowest BCUT2D eigenvalue weighted by molar-refractivity contribution is 0.0510. The standard InChI is InChI=1S/C25H19F2NO5/c1-30-17-6-2-14(3-7-17)24(28-33-25(29)18-8-5-16(26)11-21(18)27)20-12-19(20)15-4-9-22-23(10-15)32-13-31-22/h2-11,19-20H,12-13H2,1H3/b28-24-/t19-,20+/m1/s1. The highest BCUT2D eigenvalue weighted by molar-refractivity contribution is 6.05. The Kier molecular flexibility index (Phi) is 5.42. The molecule has 0 bridgehead atoms. The van der Waals surface area contributed by atoms with Gasteiger partial charge in [-0.25, -0.2) is 13.6 Å². The summed E-state index contributed by atoms with van der Waals surface area (Å²) in [6, 6.07) is 15.6. The number of carbonyl (C=O) groups excluding carboxylic acids is 1. The number of fused-ring (bicyclic) bond motifs is 1. The maximum absolute atomic E-state index is 14.0. The van der Waals surface area contributed by atoms with Crippen molar-refractivity contribution in [3.05, 3.63) is 89.0 Å². The zero-order valence-electron chi connectivity index (χ0n) is 17.6. The average Bonchev–Trinajstić information content (AvgIpc) is 3.46. The van der Waals surface area contributed by atoms with Crippen LogP contribution in [0.1, 0.15) is 33.8 Å². The van der Waals surface area contributed by atoms with E-state index in [0.29, 0.717) is 29.0 Å². The Bertz CT molecular complexity index is 1240. The first kappa shape index (κ1) is 20.9. The first-order valence-corrected chi connectivity index (χ1v) is 10.3. The van der Waals surface area contributed by atoms with Gasteiger partial charge in [0, 0.05) is 12.0 Å². The second kappa shape index (κ2) is 8.54. The molecule has 0 radical (unpaired) electrons. The Labute approximate surface area is 188 Å². The minimum absolute atomic E-state index is 0.0235. The van der Waals surface area contributed by atoms with Crippen molar-refractivity contribution in [1.82, 2.24) is 0 Å². The van der Waals surface area contributed by atoms with Crippen LogP contribution in [0.3, 0.4) is 0 Å². The van der Waals surface area contributed by atoms with Crippen LogP contribution >= 0.6 is 0 Å². The Morgan fingerprint density at radius 2 is 1.79 bits per heavy atom. The Morgan fingerprint density at radius 3 is 2.55 bits per heavy atom. The van der Waals surface area contributed by atoms with Crippen molar-refractivity contribution >= 4 is 11.7 Å². The Hall–Kier alpha value is -3.94. The van der Waals surface area contributed by atoms with Crippen molar-refractivity contribution in [3.8, 4) is 17.2 Å². The molecule has 33 heavy (non-hydrogen) atoms. The summed E-state index contributed by atoms with van der Waals surface area (Å²) in [6.45, 7) is 0.196. The lowest BCUT2D eigenvalue weighted by Gasteiger charge is -2.09. The molecular weight excluding hydrogens is 432 g/mol. The number of halogens is 2. The minimum Gasteiger partial charge on any atom is -0.497 e. The number of nitrogens with zero attached hydrogens (tertiary/aromatic N) is 1. The normalized spacial score (nSPS) is 18.7. The van der Waals surface area contributed by atoms with Crippen molar-refractivity contribution < 1.29 is 32.6 Å². The maximum atomic E-state index is 14.0. The van der Waals surface area contributed by atoms with Gasteiger partial charge >= 0.3 is 5.97 Å². The summed E-state index contributed by atoms with van der Waals surface area (Å²) in [5.74, 6) is -0.604. The van der Waals surface area contributed by atoms with E-state index in [9.17, 15) is 13.6 Å². The number of benzene rings is 3. The number of oxime groups is 1. The quantitative estimate of drug-likeness (QED) is 0.298. The molecule has 1 heterocycles. The van der Waals surface area contributed by atoms with Gasteiger partial charge in [0.15, 0.2) is 11.5 Å². The fraction of sp³-hybridized carbons (Fsp3) is 0.200. The van der Waals surface area contributed by atoms with Gasteiger partial charge in [0.1, 0.15) is 17.4 Å². The molecule has 5 rings (SSSR count). The fourth-order valence-corrected chi connectivity index (χ4v) is 3.90. The molecule has 0 N–H and O–H groups in total.